The highest BCUT2D eigenvalue weighted by Gasteiger charge is 2.42. The molecule has 0 aromatic carbocycles. The van der Waals surface area contributed by atoms with E-state index < -0.39 is 0 Å². The molecular weight excluding hydrogens is 176 g/mol. The van der Waals surface area contributed by atoms with Gasteiger partial charge in [0.1, 0.15) is 0 Å². The number of carbonyl (C=O) groups excluding carboxylic acids is 1. The van der Waals surface area contributed by atoms with Gasteiger partial charge in [0.25, 0.3) is 0 Å². The van der Waals surface area contributed by atoms with Crippen LogP contribution in [0.2, 0.25) is 0 Å². The van der Waals surface area contributed by atoms with Gasteiger partial charge in [0, 0.05) is 18.5 Å². The predicted octanol–water partition coefficient (Wildman–Crippen LogP) is 1.03. The van der Waals surface area contributed by atoms with Crippen LogP contribution in [0.25, 0.3) is 0 Å². The topological polar surface area (TPSA) is 55.1 Å². The molecule has 2 aliphatic rings. The lowest BCUT2D eigenvalue weighted by Crippen LogP contribution is -2.57. The van der Waals surface area contributed by atoms with Crippen molar-refractivity contribution < 1.29 is 4.79 Å². The molecule has 0 bridgehead atoms. The normalized spacial score (nSPS) is 41.4. The molecule has 3 N–H and O–H groups in total. The minimum Gasteiger partial charge on any atom is -0.353 e. The Morgan fingerprint density at radius 3 is 2.86 bits per heavy atom. The van der Waals surface area contributed by atoms with Gasteiger partial charge in [0.15, 0.2) is 0 Å². The third kappa shape index (κ3) is 1.78. The number of hydrogen-bond acceptors (Lipinski definition) is 2. The van der Waals surface area contributed by atoms with Crippen molar-refractivity contribution in [2.24, 2.45) is 17.1 Å². The van der Waals surface area contributed by atoms with Crippen LogP contribution in [0.3, 0.4) is 0 Å². The van der Waals surface area contributed by atoms with Crippen LogP contribution in [0, 0.1) is 11.3 Å². The van der Waals surface area contributed by atoms with Crippen molar-refractivity contribution in [2.75, 3.05) is 0 Å². The number of amides is 1. The maximum absolute atomic E-state index is 11.3. The summed E-state index contributed by atoms with van der Waals surface area (Å²) < 4.78 is 0. The smallest absolute Gasteiger partial charge is 0.220 e. The summed E-state index contributed by atoms with van der Waals surface area (Å²) in [5.41, 5.74) is 6.44. The van der Waals surface area contributed by atoms with Crippen LogP contribution in [0.15, 0.2) is 0 Å². The van der Waals surface area contributed by atoms with E-state index in [0.29, 0.717) is 18.4 Å². The monoisotopic (exact) mass is 196 g/mol. The highest BCUT2D eigenvalue weighted by molar-refractivity contribution is 5.77. The lowest BCUT2D eigenvalue weighted by Gasteiger charge is -2.46. The van der Waals surface area contributed by atoms with Crippen molar-refractivity contribution >= 4 is 5.91 Å². The Bertz CT molecular complexity index is 250. The van der Waals surface area contributed by atoms with Crippen molar-refractivity contribution in [3.63, 3.8) is 0 Å². The average molecular weight is 196 g/mol. The highest BCUT2D eigenvalue weighted by Crippen LogP contribution is 2.40. The molecule has 2 fully saturated rings. The fourth-order valence-corrected chi connectivity index (χ4v) is 3.07. The maximum Gasteiger partial charge on any atom is 0.220 e. The van der Waals surface area contributed by atoms with Crippen LogP contribution in [-0.4, -0.2) is 18.0 Å². The van der Waals surface area contributed by atoms with Gasteiger partial charge in [0.2, 0.25) is 5.91 Å². The predicted molar refractivity (Wildman–Crippen MR) is 55.6 cm³/mol. The first kappa shape index (κ1) is 9.97. The Balaban J connectivity index is 2.11. The van der Waals surface area contributed by atoms with Crippen LogP contribution >= 0.6 is 0 Å². The van der Waals surface area contributed by atoms with Crippen molar-refractivity contribution in [2.45, 2.75) is 51.6 Å². The number of rotatable bonds is 0. The van der Waals surface area contributed by atoms with Gasteiger partial charge in [-0.25, -0.2) is 0 Å². The van der Waals surface area contributed by atoms with Gasteiger partial charge in [-0.1, -0.05) is 13.8 Å². The molecule has 3 atom stereocenters. The summed E-state index contributed by atoms with van der Waals surface area (Å²) >= 11 is 0. The third-order valence-electron chi connectivity index (χ3n) is 3.68. The summed E-state index contributed by atoms with van der Waals surface area (Å²) in [7, 11) is 0. The molecule has 0 spiro atoms. The number of nitrogens with two attached hydrogens (primary N) is 1. The molecule has 3 nitrogen and oxygen atoms in total. The van der Waals surface area contributed by atoms with E-state index in [0.717, 1.165) is 19.3 Å². The zero-order chi connectivity index (χ0) is 10.3. The van der Waals surface area contributed by atoms with Crippen LogP contribution in [0.4, 0.5) is 0 Å². The molecule has 1 saturated carbocycles. The van der Waals surface area contributed by atoms with Gasteiger partial charge in [-0.15, -0.1) is 0 Å². The largest absolute Gasteiger partial charge is 0.353 e. The van der Waals surface area contributed by atoms with E-state index in [4.69, 9.17) is 5.73 Å². The molecule has 1 amide bonds. The van der Waals surface area contributed by atoms with Crippen LogP contribution in [-0.2, 0) is 4.79 Å². The zero-order valence-corrected chi connectivity index (χ0v) is 9.05. The van der Waals surface area contributed by atoms with E-state index in [9.17, 15) is 4.79 Å². The van der Waals surface area contributed by atoms with Gasteiger partial charge in [-0.2, -0.15) is 0 Å². The third-order valence-corrected chi connectivity index (χ3v) is 3.68. The summed E-state index contributed by atoms with van der Waals surface area (Å²) in [6, 6.07) is 0.597. The van der Waals surface area contributed by atoms with Crippen LogP contribution < -0.4 is 11.1 Å². The number of fused-ring (bicyclic) bond motifs is 1. The zero-order valence-electron chi connectivity index (χ0n) is 9.05. The molecule has 3 heteroatoms. The molecule has 0 aromatic rings. The molecule has 0 radical (unpaired) electrons. The fourth-order valence-electron chi connectivity index (χ4n) is 3.07. The fraction of sp³-hybridized carbons (Fsp3) is 0.909. The number of nitrogens with one attached hydrogen (secondary N) is 1. The standard InChI is InChI=1S/C11H20N2O/c1-11(2)5-8(12)7-3-4-10(14)13-9(7)6-11/h7-9H,3-6,12H2,1-2H3,(H,13,14)/t7-,8-,9+/m0/s1. The number of hydrogen-bond donors (Lipinski definition) is 2. The van der Waals surface area contributed by atoms with Gasteiger partial charge in [0.05, 0.1) is 0 Å². The lowest BCUT2D eigenvalue weighted by molar-refractivity contribution is -0.125. The molecule has 14 heavy (non-hydrogen) atoms. The maximum atomic E-state index is 11.3. The summed E-state index contributed by atoms with van der Waals surface area (Å²) in [5.74, 6) is 0.719. The number of carbonyl (C=O) groups is 1. The van der Waals surface area contributed by atoms with Gasteiger partial charge in [-0.05, 0) is 30.6 Å². The summed E-state index contributed by atoms with van der Waals surface area (Å²) in [6.07, 6.45) is 3.81. The Kier molecular flexibility index (Phi) is 2.30. The molecule has 2 rings (SSSR count). The number of piperidine rings is 1. The van der Waals surface area contributed by atoms with E-state index in [1.54, 1.807) is 0 Å². The van der Waals surface area contributed by atoms with E-state index >= 15 is 0 Å². The summed E-state index contributed by atoms with van der Waals surface area (Å²) in [6.45, 7) is 4.48. The first-order chi connectivity index (χ1) is 6.48. The van der Waals surface area contributed by atoms with E-state index in [1.807, 2.05) is 0 Å². The SMILES string of the molecule is CC1(C)C[C@H](N)[C@@H]2CCC(=O)N[C@@H]2C1. The van der Waals surface area contributed by atoms with Crippen molar-refractivity contribution in [3.8, 4) is 0 Å². The Morgan fingerprint density at radius 2 is 2.14 bits per heavy atom. The summed E-state index contributed by atoms with van der Waals surface area (Å²) in [5, 5.41) is 3.09. The minimum absolute atomic E-state index is 0.205. The second kappa shape index (κ2) is 3.23. The Labute approximate surface area is 85.4 Å². The first-order valence-corrected chi connectivity index (χ1v) is 5.53. The molecule has 80 valence electrons. The van der Waals surface area contributed by atoms with E-state index in [1.165, 1.54) is 0 Å². The van der Waals surface area contributed by atoms with Crippen LogP contribution in [0.5, 0.6) is 0 Å². The van der Waals surface area contributed by atoms with E-state index in [-0.39, 0.29) is 17.4 Å². The quantitative estimate of drug-likeness (QED) is 0.608. The van der Waals surface area contributed by atoms with Crippen molar-refractivity contribution in [3.05, 3.63) is 0 Å². The van der Waals surface area contributed by atoms with Crippen molar-refractivity contribution in [1.29, 1.82) is 0 Å². The van der Waals surface area contributed by atoms with Gasteiger partial charge >= 0.3 is 0 Å². The molecule has 0 unspecified atom stereocenters. The molecule has 1 aliphatic carbocycles. The minimum atomic E-state index is 0.205. The first-order valence-electron chi connectivity index (χ1n) is 5.53. The average Bonchev–Trinajstić information content (AvgIpc) is 2.00. The van der Waals surface area contributed by atoms with E-state index in [2.05, 4.69) is 19.2 Å². The Morgan fingerprint density at radius 1 is 1.43 bits per heavy atom. The molecular formula is C11H20N2O. The lowest BCUT2D eigenvalue weighted by atomic mass is 9.65. The van der Waals surface area contributed by atoms with Gasteiger partial charge < -0.3 is 11.1 Å². The van der Waals surface area contributed by atoms with Crippen LogP contribution in [0.1, 0.15) is 39.5 Å². The molecule has 1 saturated heterocycles. The van der Waals surface area contributed by atoms with Gasteiger partial charge in [-0.3, -0.25) is 4.79 Å². The molecule has 1 heterocycles. The second-order valence-corrected chi connectivity index (χ2v) is 5.61. The Hall–Kier alpha value is -0.570. The molecule has 1 aliphatic heterocycles. The van der Waals surface area contributed by atoms with Crippen molar-refractivity contribution in [1.82, 2.24) is 5.32 Å². The highest BCUT2D eigenvalue weighted by atomic mass is 16.1. The second-order valence-electron chi connectivity index (χ2n) is 5.61. The molecule has 0 aromatic heterocycles. The summed E-state index contributed by atoms with van der Waals surface area (Å²) in [4.78, 5) is 11.3.